The number of anilines is 1. The molecule has 0 heterocycles. The lowest BCUT2D eigenvalue weighted by Crippen LogP contribution is -2.20. The zero-order valence-electron chi connectivity index (χ0n) is 8.73. The van der Waals surface area contributed by atoms with Crippen molar-refractivity contribution in [3.05, 3.63) is 24.3 Å². The lowest BCUT2D eigenvalue weighted by molar-refractivity contribution is 0.304. The van der Waals surface area contributed by atoms with Gasteiger partial charge in [-0.05, 0) is 30.0 Å². The van der Waals surface area contributed by atoms with Gasteiger partial charge in [-0.3, -0.25) is 0 Å². The van der Waals surface area contributed by atoms with E-state index >= 15 is 0 Å². The molecule has 3 heteroatoms. The monoisotopic (exact) mass is 211 g/mol. The van der Waals surface area contributed by atoms with E-state index in [1.165, 1.54) is 4.90 Å². The molecule has 1 aromatic carbocycles. The first-order valence-electron chi connectivity index (χ1n) is 4.82. The van der Waals surface area contributed by atoms with Crippen molar-refractivity contribution in [3.8, 4) is 0 Å². The molecule has 78 valence electrons. The van der Waals surface area contributed by atoms with Gasteiger partial charge in [0.15, 0.2) is 0 Å². The summed E-state index contributed by atoms with van der Waals surface area (Å²) >= 11 is 1.84. The zero-order chi connectivity index (χ0) is 10.4. The van der Waals surface area contributed by atoms with Crippen LogP contribution in [0.15, 0.2) is 29.2 Å². The van der Waals surface area contributed by atoms with Gasteiger partial charge in [0.2, 0.25) is 0 Å². The van der Waals surface area contributed by atoms with Gasteiger partial charge >= 0.3 is 0 Å². The third kappa shape index (κ3) is 3.24. The lowest BCUT2D eigenvalue weighted by atomic mass is 10.3. The molecule has 2 nitrogen and oxygen atoms in total. The minimum Gasteiger partial charge on any atom is -0.395 e. The number of thioether (sulfide) groups is 1. The Hall–Kier alpha value is -0.670. The molecular formula is C11H17NOS. The molecule has 1 aromatic rings. The Morgan fingerprint density at radius 2 is 1.93 bits per heavy atom. The van der Waals surface area contributed by atoms with Gasteiger partial charge in [0.25, 0.3) is 0 Å². The molecule has 0 aromatic heterocycles. The highest BCUT2D eigenvalue weighted by atomic mass is 32.2. The summed E-state index contributed by atoms with van der Waals surface area (Å²) in [5, 5.41) is 8.79. The summed E-state index contributed by atoms with van der Waals surface area (Å²) < 4.78 is 0. The predicted molar refractivity (Wildman–Crippen MR) is 63.2 cm³/mol. The molecule has 14 heavy (non-hydrogen) atoms. The van der Waals surface area contributed by atoms with Crippen LogP contribution in [0, 0.1) is 0 Å². The molecule has 0 aliphatic heterocycles. The van der Waals surface area contributed by atoms with Gasteiger partial charge in [-0.2, -0.15) is 0 Å². The second-order valence-electron chi connectivity index (χ2n) is 3.07. The quantitative estimate of drug-likeness (QED) is 0.755. The summed E-state index contributed by atoms with van der Waals surface area (Å²) in [6.07, 6.45) is 0. The van der Waals surface area contributed by atoms with E-state index in [-0.39, 0.29) is 6.61 Å². The largest absolute Gasteiger partial charge is 0.395 e. The van der Waals surface area contributed by atoms with Gasteiger partial charge < -0.3 is 10.0 Å². The van der Waals surface area contributed by atoms with Crippen molar-refractivity contribution < 1.29 is 5.11 Å². The molecule has 0 aliphatic carbocycles. The topological polar surface area (TPSA) is 23.5 Å². The fourth-order valence-electron chi connectivity index (χ4n) is 1.24. The van der Waals surface area contributed by atoms with Crippen LogP contribution in [0.3, 0.4) is 0 Å². The van der Waals surface area contributed by atoms with Gasteiger partial charge in [0.1, 0.15) is 0 Å². The number of hydrogen-bond donors (Lipinski definition) is 1. The van der Waals surface area contributed by atoms with E-state index < -0.39 is 0 Å². The molecule has 0 bridgehead atoms. The summed E-state index contributed by atoms with van der Waals surface area (Å²) in [6, 6.07) is 8.43. The molecule has 0 atom stereocenters. The van der Waals surface area contributed by atoms with Crippen molar-refractivity contribution in [2.45, 2.75) is 11.8 Å². The Kier molecular flexibility index (Phi) is 4.84. The summed E-state index contributed by atoms with van der Waals surface area (Å²) in [4.78, 5) is 3.34. The summed E-state index contributed by atoms with van der Waals surface area (Å²) in [6.45, 7) is 3.03. The van der Waals surface area contributed by atoms with E-state index in [1.807, 2.05) is 23.7 Å². The molecule has 0 saturated heterocycles. The van der Waals surface area contributed by atoms with E-state index in [0.717, 1.165) is 11.4 Å². The molecular weight excluding hydrogens is 194 g/mol. The van der Waals surface area contributed by atoms with Crippen molar-refractivity contribution in [1.29, 1.82) is 0 Å². The van der Waals surface area contributed by atoms with E-state index in [0.29, 0.717) is 6.54 Å². The lowest BCUT2D eigenvalue weighted by Gasteiger charge is -2.17. The average molecular weight is 211 g/mol. The first kappa shape index (κ1) is 11.4. The van der Waals surface area contributed by atoms with Crippen LogP contribution in [0.25, 0.3) is 0 Å². The summed E-state index contributed by atoms with van der Waals surface area (Å²) in [5.41, 5.74) is 1.15. The molecule has 1 N–H and O–H groups in total. The minimum atomic E-state index is 0.196. The van der Waals surface area contributed by atoms with Gasteiger partial charge in [-0.25, -0.2) is 0 Å². The van der Waals surface area contributed by atoms with Crippen molar-refractivity contribution in [2.75, 3.05) is 30.9 Å². The predicted octanol–water partition coefficient (Wildman–Crippen LogP) is 2.23. The van der Waals surface area contributed by atoms with E-state index in [4.69, 9.17) is 5.11 Å². The summed E-state index contributed by atoms with van der Waals surface area (Å²) in [5.74, 6) is 1.10. The fourth-order valence-corrected chi connectivity index (χ4v) is 1.90. The van der Waals surface area contributed by atoms with Crippen LogP contribution in [0.5, 0.6) is 0 Å². The maximum absolute atomic E-state index is 8.79. The zero-order valence-corrected chi connectivity index (χ0v) is 9.55. The standard InChI is InChI=1S/C11H17NOS/c1-3-14-11-6-4-10(5-7-11)12(2)8-9-13/h4-7,13H,3,8-9H2,1-2H3. The third-order valence-electron chi connectivity index (χ3n) is 2.02. The molecule has 0 spiro atoms. The highest BCUT2D eigenvalue weighted by molar-refractivity contribution is 7.99. The van der Waals surface area contributed by atoms with Crippen LogP contribution in [0.4, 0.5) is 5.69 Å². The number of rotatable bonds is 5. The molecule has 0 aliphatic rings. The van der Waals surface area contributed by atoms with Crippen molar-refractivity contribution in [1.82, 2.24) is 0 Å². The van der Waals surface area contributed by atoms with Crippen LogP contribution >= 0.6 is 11.8 Å². The third-order valence-corrected chi connectivity index (χ3v) is 2.92. The highest BCUT2D eigenvalue weighted by Gasteiger charge is 1.99. The Labute approximate surface area is 89.9 Å². The number of hydrogen-bond acceptors (Lipinski definition) is 3. The van der Waals surface area contributed by atoms with Gasteiger partial charge in [0.05, 0.1) is 6.61 Å². The Bertz CT molecular complexity index is 260. The van der Waals surface area contributed by atoms with Crippen LogP contribution in [0.1, 0.15) is 6.92 Å². The molecule has 0 fully saturated rings. The maximum Gasteiger partial charge on any atom is 0.0606 e. The highest BCUT2D eigenvalue weighted by Crippen LogP contribution is 2.21. The molecule has 0 saturated carbocycles. The number of aliphatic hydroxyl groups excluding tert-OH is 1. The molecule has 1 rings (SSSR count). The van der Waals surface area contributed by atoms with Crippen LogP contribution in [0.2, 0.25) is 0 Å². The number of aliphatic hydroxyl groups is 1. The molecule has 0 unspecified atom stereocenters. The van der Waals surface area contributed by atoms with Crippen LogP contribution < -0.4 is 4.90 Å². The first-order valence-corrected chi connectivity index (χ1v) is 5.81. The Balaban J connectivity index is 2.62. The number of benzene rings is 1. The fraction of sp³-hybridized carbons (Fsp3) is 0.455. The van der Waals surface area contributed by atoms with Crippen molar-refractivity contribution in [3.63, 3.8) is 0 Å². The Morgan fingerprint density at radius 1 is 1.29 bits per heavy atom. The van der Waals surface area contributed by atoms with Crippen molar-refractivity contribution >= 4 is 17.4 Å². The van der Waals surface area contributed by atoms with Crippen LogP contribution in [-0.4, -0.2) is 31.1 Å². The molecule has 0 radical (unpaired) electrons. The van der Waals surface area contributed by atoms with Crippen molar-refractivity contribution in [2.24, 2.45) is 0 Å². The Morgan fingerprint density at radius 3 is 2.43 bits per heavy atom. The SMILES string of the molecule is CCSc1ccc(N(C)CCO)cc1. The smallest absolute Gasteiger partial charge is 0.0606 e. The molecule has 0 amide bonds. The van der Waals surface area contributed by atoms with Crippen LogP contribution in [-0.2, 0) is 0 Å². The van der Waals surface area contributed by atoms with Gasteiger partial charge in [-0.1, -0.05) is 6.92 Å². The second kappa shape index (κ2) is 5.94. The van der Waals surface area contributed by atoms with E-state index in [9.17, 15) is 0 Å². The average Bonchev–Trinajstić information content (AvgIpc) is 2.20. The first-order chi connectivity index (χ1) is 6.77. The minimum absolute atomic E-state index is 0.196. The van der Waals surface area contributed by atoms with Gasteiger partial charge in [-0.15, -0.1) is 11.8 Å². The van der Waals surface area contributed by atoms with E-state index in [1.54, 1.807) is 0 Å². The summed E-state index contributed by atoms with van der Waals surface area (Å²) in [7, 11) is 1.98. The maximum atomic E-state index is 8.79. The van der Waals surface area contributed by atoms with Gasteiger partial charge in [0, 0.05) is 24.2 Å². The van der Waals surface area contributed by atoms with E-state index in [2.05, 4.69) is 31.2 Å². The second-order valence-corrected chi connectivity index (χ2v) is 4.41. The number of nitrogens with zero attached hydrogens (tertiary/aromatic N) is 1. The number of likely N-dealkylation sites (N-methyl/N-ethyl adjacent to an activating group) is 1. The normalized spacial score (nSPS) is 10.2.